The lowest BCUT2D eigenvalue weighted by atomic mass is 10.1. The summed E-state index contributed by atoms with van der Waals surface area (Å²) < 4.78 is 5.15. The summed E-state index contributed by atoms with van der Waals surface area (Å²) in [7, 11) is 0. The molecule has 0 spiro atoms. The largest absolute Gasteiger partial charge is 0.411 e. The molecule has 0 saturated heterocycles. The summed E-state index contributed by atoms with van der Waals surface area (Å²) in [6.45, 7) is 2.86. The smallest absolute Gasteiger partial charge is 0.112 e. The number of rotatable bonds is 4. The lowest BCUT2D eigenvalue weighted by molar-refractivity contribution is 0.184. The summed E-state index contributed by atoms with van der Waals surface area (Å²) in [6, 6.07) is 9.47. The number of hydrogen-bond acceptors (Lipinski definition) is 3. The van der Waals surface area contributed by atoms with Gasteiger partial charge in [0.05, 0.1) is 6.61 Å². The van der Waals surface area contributed by atoms with Crippen molar-refractivity contribution in [3.8, 4) is 0 Å². The van der Waals surface area contributed by atoms with Crippen LogP contribution >= 0.6 is 0 Å². The van der Waals surface area contributed by atoms with Gasteiger partial charge in [0.2, 0.25) is 0 Å². The number of nitrogens with zero attached hydrogens (tertiary/aromatic N) is 1. The Balaban J connectivity index is 2.69. The van der Waals surface area contributed by atoms with Crippen LogP contribution in [0.25, 0.3) is 0 Å². The molecule has 0 aliphatic rings. The van der Waals surface area contributed by atoms with E-state index in [1.165, 1.54) is 0 Å². The minimum Gasteiger partial charge on any atom is -0.411 e. The van der Waals surface area contributed by atoms with E-state index in [9.17, 15) is 0 Å². The minimum absolute atomic E-state index is 0.344. The van der Waals surface area contributed by atoms with Crippen molar-refractivity contribution in [3.63, 3.8) is 0 Å². The Hall–Kier alpha value is -1.35. The van der Waals surface area contributed by atoms with E-state index in [0.717, 1.165) is 5.56 Å². The van der Waals surface area contributed by atoms with Gasteiger partial charge in [-0.3, -0.25) is 0 Å². The van der Waals surface area contributed by atoms with Crippen molar-refractivity contribution in [2.75, 3.05) is 13.2 Å². The molecule has 3 heteroatoms. The van der Waals surface area contributed by atoms with Crippen LogP contribution in [-0.4, -0.2) is 24.1 Å². The van der Waals surface area contributed by atoms with Crippen LogP contribution in [0.4, 0.5) is 0 Å². The molecule has 1 aromatic carbocycles. The second-order valence-corrected chi connectivity index (χ2v) is 2.55. The van der Waals surface area contributed by atoms with E-state index in [-0.39, 0.29) is 0 Å². The van der Waals surface area contributed by atoms with Crippen LogP contribution in [0.5, 0.6) is 0 Å². The summed E-state index contributed by atoms with van der Waals surface area (Å²) in [6.07, 6.45) is 0. The molecule has 70 valence electrons. The van der Waals surface area contributed by atoms with Gasteiger partial charge in [0.1, 0.15) is 5.71 Å². The molecule has 0 aliphatic heterocycles. The first-order valence-corrected chi connectivity index (χ1v) is 4.22. The molecule has 0 bridgehead atoms. The van der Waals surface area contributed by atoms with E-state index < -0.39 is 0 Å². The predicted octanol–water partition coefficient (Wildman–Crippen LogP) is 1.90. The fourth-order valence-electron chi connectivity index (χ4n) is 0.999. The van der Waals surface area contributed by atoms with E-state index in [2.05, 4.69) is 5.16 Å². The standard InChI is InChI=1S/C10H13NO2/c1-2-13-8-10(11-12)9-6-4-3-5-7-9/h3-7,12H,2,8H2,1H3. The zero-order chi connectivity index (χ0) is 9.52. The zero-order valence-corrected chi connectivity index (χ0v) is 7.60. The molecule has 0 saturated carbocycles. The summed E-state index contributed by atoms with van der Waals surface area (Å²) in [5, 5.41) is 11.9. The molecule has 0 radical (unpaired) electrons. The van der Waals surface area contributed by atoms with Crippen molar-refractivity contribution in [1.82, 2.24) is 0 Å². The van der Waals surface area contributed by atoms with Gasteiger partial charge in [-0.1, -0.05) is 35.5 Å². The Bertz CT molecular complexity index is 270. The third-order valence-corrected chi connectivity index (χ3v) is 1.67. The quantitative estimate of drug-likeness (QED) is 0.435. The summed E-state index contributed by atoms with van der Waals surface area (Å²) in [4.78, 5) is 0. The number of hydrogen-bond donors (Lipinski definition) is 1. The van der Waals surface area contributed by atoms with E-state index in [1.807, 2.05) is 37.3 Å². The first kappa shape index (κ1) is 9.74. The molecular weight excluding hydrogens is 166 g/mol. The van der Waals surface area contributed by atoms with Crippen molar-refractivity contribution >= 4 is 5.71 Å². The maximum Gasteiger partial charge on any atom is 0.112 e. The van der Waals surface area contributed by atoms with Crippen LogP contribution in [0.2, 0.25) is 0 Å². The van der Waals surface area contributed by atoms with Gasteiger partial charge in [-0.2, -0.15) is 0 Å². The third-order valence-electron chi connectivity index (χ3n) is 1.67. The fourth-order valence-corrected chi connectivity index (χ4v) is 0.999. The molecule has 0 aliphatic carbocycles. The monoisotopic (exact) mass is 179 g/mol. The highest BCUT2D eigenvalue weighted by molar-refractivity contribution is 6.01. The number of oxime groups is 1. The first-order valence-electron chi connectivity index (χ1n) is 4.22. The molecule has 0 unspecified atom stereocenters. The fraction of sp³-hybridized carbons (Fsp3) is 0.300. The topological polar surface area (TPSA) is 41.8 Å². The molecule has 0 aromatic heterocycles. The van der Waals surface area contributed by atoms with Crippen LogP contribution in [0, 0.1) is 0 Å². The zero-order valence-electron chi connectivity index (χ0n) is 7.60. The molecule has 3 nitrogen and oxygen atoms in total. The molecule has 0 atom stereocenters. The molecule has 0 amide bonds. The van der Waals surface area contributed by atoms with Gasteiger partial charge in [0.15, 0.2) is 0 Å². The average molecular weight is 179 g/mol. The molecule has 0 heterocycles. The van der Waals surface area contributed by atoms with Gasteiger partial charge >= 0.3 is 0 Å². The number of benzene rings is 1. The maximum absolute atomic E-state index is 8.71. The van der Waals surface area contributed by atoms with Crippen LogP contribution in [-0.2, 0) is 4.74 Å². The Morgan fingerprint density at radius 2 is 2.08 bits per heavy atom. The minimum atomic E-state index is 0.344. The van der Waals surface area contributed by atoms with Crippen LogP contribution < -0.4 is 0 Å². The molecular formula is C10H13NO2. The molecule has 1 aromatic rings. The maximum atomic E-state index is 8.71. The highest BCUT2D eigenvalue weighted by Crippen LogP contribution is 2.01. The Labute approximate surface area is 77.6 Å². The van der Waals surface area contributed by atoms with Crippen molar-refractivity contribution in [1.29, 1.82) is 0 Å². The first-order chi connectivity index (χ1) is 6.38. The van der Waals surface area contributed by atoms with E-state index in [0.29, 0.717) is 18.9 Å². The van der Waals surface area contributed by atoms with Gasteiger partial charge in [-0.25, -0.2) is 0 Å². The summed E-state index contributed by atoms with van der Waals surface area (Å²) >= 11 is 0. The highest BCUT2D eigenvalue weighted by Gasteiger charge is 2.02. The van der Waals surface area contributed by atoms with E-state index in [1.54, 1.807) is 0 Å². The lowest BCUT2D eigenvalue weighted by Gasteiger charge is -2.03. The molecule has 1 N–H and O–H groups in total. The molecule has 13 heavy (non-hydrogen) atoms. The average Bonchev–Trinajstić information content (AvgIpc) is 2.21. The Morgan fingerprint density at radius 1 is 1.38 bits per heavy atom. The molecule has 1 rings (SSSR count). The highest BCUT2D eigenvalue weighted by atomic mass is 16.5. The second kappa shape index (κ2) is 5.32. The van der Waals surface area contributed by atoms with Gasteiger partial charge in [-0.15, -0.1) is 0 Å². The summed E-state index contributed by atoms with van der Waals surface area (Å²) in [5.74, 6) is 0. The normalized spacial score (nSPS) is 11.6. The Morgan fingerprint density at radius 3 is 2.62 bits per heavy atom. The van der Waals surface area contributed by atoms with Crippen LogP contribution in [0.1, 0.15) is 12.5 Å². The van der Waals surface area contributed by atoms with Gasteiger partial charge in [0.25, 0.3) is 0 Å². The summed E-state index contributed by atoms with van der Waals surface area (Å²) in [5.41, 5.74) is 1.45. The molecule has 0 fully saturated rings. The Kier molecular flexibility index (Phi) is 3.99. The van der Waals surface area contributed by atoms with Crippen LogP contribution in [0.3, 0.4) is 0 Å². The van der Waals surface area contributed by atoms with Crippen molar-refractivity contribution in [2.24, 2.45) is 5.16 Å². The van der Waals surface area contributed by atoms with Gasteiger partial charge < -0.3 is 9.94 Å². The second-order valence-electron chi connectivity index (χ2n) is 2.55. The van der Waals surface area contributed by atoms with Crippen molar-refractivity contribution in [3.05, 3.63) is 35.9 Å². The van der Waals surface area contributed by atoms with Gasteiger partial charge in [-0.05, 0) is 6.92 Å². The van der Waals surface area contributed by atoms with E-state index >= 15 is 0 Å². The lowest BCUT2D eigenvalue weighted by Crippen LogP contribution is -2.10. The van der Waals surface area contributed by atoms with Crippen molar-refractivity contribution < 1.29 is 9.94 Å². The SMILES string of the molecule is CCOCC(=NO)c1ccccc1. The predicted molar refractivity (Wildman–Crippen MR) is 51.3 cm³/mol. The van der Waals surface area contributed by atoms with Crippen LogP contribution in [0.15, 0.2) is 35.5 Å². The number of ether oxygens (including phenoxy) is 1. The van der Waals surface area contributed by atoms with Crippen molar-refractivity contribution in [2.45, 2.75) is 6.92 Å². The van der Waals surface area contributed by atoms with Gasteiger partial charge in [0, 0.05) is 12.2 Å². The third kappa shape index (κ3) is 2.87. The van der Waals surface area contributed by atoms with E-state index in [4.69, 9.17) is 9.94 Å².